The molecule has 0 unspecified atom stereocenters. The molecular weight excluding hydrogens is 624 g/mol. The molecule has 0 heterocycles. The van der Waals surface area contributed by atoms with Crippen molar-refractivity contribution in [1.29, 1.82) is 0 Å². The lowest BCUT2D eigenvalue weighted by Crippen LogP contribution is -2.69. The third kappa shape index (κ3) is 9.78. The average molecular weight is 669 g/mol. The molecule has 0 amide bonds. The second kappa shape index (κ2) is 16.7. The molecular formula is C29H44F12O3. The van der Waals surface area contributed by atoms with E-state index in [2.05, 4.69) is 11.7 Å². The van der Waals surface area contributed by atoms with Gasteiger partial charge in [-0.15, -0.1) is 0 Å². The van der Waals surface area contributed by atoms with Gasteiger partial charge in [0.2, 0.25) is 0 Å². The van der Waals surface area contributed by atoms with Crippen molar-refractivity contribution in [3.05, 3.63) is 0 Å². The van der Waals surface area contributed by atoms with E-state index in [1.165, 1.54) is 38.5 Å². The van der Waals surface area contributed by atoms with Gasteiger partial charge in [-0.3, -0.25) is 0 Å². The number of ether oxygens (including phenoxy) is 3. The third-order valence-corrected chi connectivity index (χ3v) is 8.42. The van der Waals surface area contributed by atoms with Gasteiger partial charge in [0.1, 0.15) is 6.61 Å². The second-order valence-corrected chi connectivity index (χ2v) is 11.9. The Balaban J connectivity index is 1.70. The molecule has 44 heavy (non-hydrogen) atoms. The summed E-state index contributed by atoms with van der Waals surface area (Å²) in [6.45, 7) is 0.388. The SMILES string of the molecule is CCCCCCCCCCOC1CCC(OC2CCC(OCC(F)(F)C(F)(F)C(F)(F)C(F)(F)C(F)(F)C(F)F)CC2)CC1. The summed E-state index contributed by atoms with van der Waals surface area (Å²) in [6, 6.07) is 0. The van der Waals surface area contributed by atoms with Crippen molar-refractivity contribution >= 4 is 0 Å². The summed E-state index contributed by atoms with van der Waals surface area (Å²) in [4.78, 5) is 0. The highest BCUT2D eigenvalue weighted by atomic mass is 19.4. The van der Waals surface area contributed by atoms with E-state index in [1.807, 2.05) is 0 Å². The number of alkyl halides is 12. The Labute approximate surface area is 250 Å². The third-order valence-electron chi connectivity index (χ3n) is 8.42. The van der Waals surface area contributed by atoms with Crippen LogP contribution < -0.4 is 0 Å². The molecule has 0 atom stereocenters. The maximum absolute atomic E-state index is 14.0. The van der Waals surface area contributed by atoms with E-state index in [0.717, 1.165) is 38.5 Å². The van der Waals surface area contributed by atoms with Crippen LogP contribution in [0.25, 0.3) is 0 Å². The van der Waals surface area contributed by atoms with Crippen LogP contribution in [0.4, 0.5) is 52.7 Å². The van der Waals surface area contributed by atoms with Gasteiger partial charge in [-0.05, 0) is 57.8 Å². The number of rotatable bonds is 20. The summed E-state index contributed by atoms with van der Waals surface area (Å²) in [5.74, 6) is -35.3. The molecule has 0 radical (unpaired) electrons. The van der Waals surface area contributed by atoms with Crippen molar-refractivity contribution in [3.8, 4) is 0 Å². The van der Waals surface area contributed by atoms with Gasteiger partial charge in [-0.2, -0.15) is 43.9 Å². The molecule has 0 saturated heterocycles. The Hall–Kier alpha value is -0.960. The highest BCUT2D eigenvalue weighted by molar-refractivity contribution is 5.09. The highest BCUT2D eigenvalue weighted by Gasteiger charge is 2.87. The Morgan fingerprint density at radius 2 is 0.932 bits per heavy atom. The second-order valence-electron chi connectivity index (χ2n) is 11.9. The minimum atomic E-state index is -7.53. The molecule has 0 aromatic rings. The zero-order valence-corrected chi connectivity index (χ0v) is 24.9. The zero-order chi connectivity index (χ0) is 33.2. The van der Waals surface area contributed by atoms with Crippen molar-refractivity contribution < 1.29 is 66.9 Å². The molecule has 2 saturated carbocycles. The summed E-state index contributed by atoms with van der Waals surface area (Å²) < 4.78 is 177. The first kappa shape index (κ1) is 39.2. The molecule has 0 aromatic heterocycles. The van der Waals surface area contributed by atoms with Crippen molar-refractivity contribution in [1.82, 2.24) is 0 Å². The highest BCUT2D eigenvalue weighted by Crippen LogP contribution is 2.58. The predicted octanol–water partition coefficient (Wildman–Crippen LogP) is 10.2. The van der Waals surface area contributed by atoms with Gasteiger partial charge in [0.25, 0.3) is 0 Å². The summed E-state index contributed by atoms with van der Waals surface area (Å²) in [7, 11) is 0. The smallest absolute Gasteiger partial charge is 0.378 e. The average Bonchev–Trinajstić information content (AvgIpc) is 2.96. The van der Waals surface area contributed by atoms with Crippen LogP contribution in [-0.4, -0.2) is 73.7 Å². The van der Waals surface area contributed by atoms with Gasteiger partial charge >= 0.3 is 36.0 Å². The number of hydrogen-bond donors (Lipinski definition) is 0. The van der Waals surface area contributed by atoms with E-state index in [-0.39, 0.29) is 44.0 Å². The first-order chi connectivity index (χ1) is 20.4. The molecule has 2 fully saturated rings. The first-order valence-electron chi connectivity index (χ1n) is 15.5. The van der Waals surface area contributed by atoms with Crippen LogP contribution in [0.15, 0.2) is 0 Å². The molecule has 262 valence electrons. The summed E-state index contributed by atoms with van der Waals surface area (Å²) in [6.07, 6.45) is 6.45. The molecule has 0 aromatic carbocycles. The van der Waals surface area contributed by atoms with E-state index in [0.29, 0.717) is 6.61 Å². The van der Waals surface area contributed by atoms with Crippen LogP contribution in [0.1, 0.15) is 110 Å². The molecule has 2 aliphatic carbocycles. The van der Waals surface area contributed by atoms with E-state index in [1.54, 1.807) is 0 Å². The van der Waals surface area contributed by atoms with E-state index < -0.39 is 48.7 Å². The summed E-state index contributed by atoms with van der Waals surface area (Å²) in [5.41, 5.74) is 0. The van der Waals surface area contributed by atoms with Gasteiger partial charge in [-0.1, -0.05) is 51.9 Å². The quantitative estimate of drug-likeness (QED) is 0.0955. The first-order valence-corrected chi connectivity index (χ1v) is 15.5. The monoisotopic (exact) mass is 668 g/mol. The van der Waals surface area contributed by atoms with Crippen molar-refractivity contribution in [2.75, 3.05) is 13.2 Å². The number of unbranched alkanes of at least 4 members (excludes halogenated alkanes) is 7. The number of hydrogen-bond acceptors (Lipinski definition) is 3. The fourth-order valence-corrected chi connectivity index (χ4v) is 5.51. The largest absolute Gasteiger partial charge is 0.384 e. The molecule has 2 aliphatic rings. The molecule has 15 heteroatoms. The lowest BCUT2D eigenvalue weighted by atomic mass is 9.92. The molecule has 0 aliphatic heterocycles. The molecule has 2 rings (SSSR count). The fraction of sp³-hybridized carbons (Fsp3) is 1.00. The molecule has 3 nitrogen and oxygen atoms in total. The van der Waals surface area contributed by atoms with E-state index in [9.17, 15) is 52.7 Å². The molecule has 0 spiro atoms. The van der Waals surface area contributed by atoms with Crippen LogP contribution >= 0.6 is 0 Å². The number of halogens is 12. The van der Waals surface area contributed by atoms with Crippen LogP contribution in [0.2, 0.25) is 0 Å². The van der Waals surface area contributed by atoms with Crippen molar-refractivity contribution in [2.24, 2.45) is 0 Å². The standard InChI is InChI=1S/C29H44F12O3/c1-2-3-4-5-6-7-8-9-18-42-20-10-14-22(15-11-20)44-23-16-12-21(13-17-23)43-19-25(32,33)27(36,37)29(40,41)28(38,39)26(34,35)24(30)31/h20-24H,2-19H2,1H3. The van der Waals surface area contributed by atoms with E-state index >= 15 is 0 Å². The van der Waals surface area contributed by atoms with Crippen LogP contribution in [0.5, 0.6) is 0 Å². The van der Waals surface area contributed by atoms with Crippen molar-refractivity contribution in [3.63, 3.8) is 0 Å². The van der Waals surface area contributed by atoms with Crippen LogP contribution in [0.3, 0.4) is 0 Å². The normalized spacial score (nSPS) is 24.7. The molecule has 0 N–H and O–H groups in total. The summed E-state index contributed by atoms with van der Waals surface area (Å²) >= 11 is 0. The summed E-state index contributed by atoms with van der Waals surface area (Å²) in [5, 5.41) is 0. The van der Waals surface area contributed by atoms with Gasteiger partial charge in [-0.25, -0.2) is 8.78 Å². The fourth-order valence-electron chi connectivity index (χ4n) is 5.51. The molecule has 0 bridgehead atoms. The maximum atomic E-state index is 14.0. The van der Waals surface area contributed by atoms with Crippen molar-refractivity contribution in [2.45, 2.75) is 170 Å². The van der Waals surface area contributed by atoms with E-state index in [4.69, 9.17) is 9.47 Å². The van der Waals surface area contributed by atoms with Gasteiger partial charge in [0, 0.05) is 6.61 Å². The Bertz CT molecular complexity index is 811. The lowest BCUT2D eigenvalue weighted by Gasteiger charge is -2.39. The predicted molar refractivity (Wildman–Crippen MR) is 138 cm³/mol. The van der Waals surface area contributed by atoms with Crippen LogP contribution in [-0.2, 0) is 14.2 Å². The van der Waals surface area contributed by atoms with Crippen LogP contribution in [0, 0.1) is 0 Å². The maximum Gasteiger partial charge on any atom is 0.384 e. The van der Waals surface area contributed by atoms with Gasteiger partial charge in [0.05, 0.1) is 24.4 Å². The Morgan fingerprint density at radius 1 is 0.523 bits per heavy atom. The minimum Gasteiger partial charge on any atom is -0.378 e. The lowest BCUT2D eigenvalue weighted by molar-refractivity contribution is -0.416. The topological polar surface area (TPSA) is 27.7 Å². The van der Waals surface area contributed by atoms with Gasteiger partial charge < -0.3 is 14.2 Å². The Morgan fingerprint density at radius 3 is 1.39 bits per heavy atom. The van der Waals surface area contributed by atoms with Gasteiger partial charge in [0.15, 0.2) is 0 Å². The zero-order valence-electron chi connectivity index (χ0n) is 24.9. The minimum absolute atomic E-state index is 0.000611. The Kier molecular flexibility index (Phi) is 14.9.